The predicted octanol–water partition coefficient (Wildman–Crippen LogP) is -0.800. The molecule has 2 rings (SSSR count). The lowest BCUT2D eigenvalue weighted by Crippen LogP contribution is -2.27. The van der Waals surface area contributed by atoms with Crippen molar-refractivity contribution in [3.8, 4) is 0 Å². The minimum Gasteiger partial charge on any atom is -0.350 e. The standard InChI is InChI=1S/C13H16N6O4S/c1-9(20)16-12-7-19(18-17-12)8-13(21)15-6-10-2-4-11(5-3-10)24(14,22)23/h2-5,7H,6,8H2,1H3,(H,15,21)(H,16,20)(H2,14,22,23). The molecule has 0 atom stereocenters. The average molecular weight is 352 g/mol. The van der Waals surface area contributed by atoms with Gasteiger partial charge in [0, 0.05) is 13.5 Å². The summed E-state index contributed by atoms with van der Waals surface area (Å²) in [5.74, 6) is -0.340. The van der Waals surface area contributed by atoms with Crippen molar-refractivity contribution in [1.82, 2.24) is 20.3 Å². The number of primary sulfonamides is 1. The van der Waals surface area contributed by atoms with E-state index in [0.717, 1.165) is 0 Å². The van der Waals surface area contributed by atoms with Crippen LogP contribution in [0.5, 0.6) is 0 Å². The van der Waals surface area contributed by atoms with Gasteiger partial charge in [-0.15, -0.1) is 5.10 Å². The van der Waals surface area contributed by atoms with Crippen LogP contribution in [0.2, 0.25) is 0 Å². The van der Waals surface area contributed by atoms with Gasteiger partial charge in [0.1, 0.15) is 6.54 Å². The maximum absolute atomic E-state index is 11.8. The van der Waals surface area contributed by atoms with E-state index in [9.17, 15) is 18.0 Å². The molecule has 1 heterocycles. The molecule has 0 aliphatic rings. The van der Waals surface area contributed by atoms with E-state index in [2.05, 4.69) is 20.9 Å². The molecule has 24 heavy (non-hydrogen) atoms. The van der Waals surface area contributed by atoms with Crippen molar-refractivity contribution >= 4 is 27.7 Å². The molecule has 0 unspecified atom stereocenters. The zero-order chi connectivity index (χ0) is 17.7. The molecular formula is C13H16N6O4S. The first-order chi connectivity index (χ1) is 11.2. The number of nitrogens with one attached hydrogen (secondary N) is 2. The third-order valence-corrected chi connectivity index (χ3v) is 3.82. The van der Waals surface area contributed by atoms with E-state index in [1.165, 1.54) is 29.9 Å². The number of carbonyl (C=O) groups is 2. The first kappa shape index (κ1) is 17.6. The van der Waals surface area contributed by atoms with Gasteiger partial charge >= 0.3 is 0 Å². The molecule has 0 saturated heterocycles. The van der Waals surface area contributed by atoms with Gasteiger partial charge in [0.05, 0.1) is 11.1 Å². The van der Waals surface area contributed by atoms with E-state index >= 15 is 0 Å². The van der Waals surface area contributed by atoms with Gasteiger partial charge in [-0.3, -0.25) is 9.59 Å². The molecule has 0 fully saturated rings. The van der Waals surface area contributed by atoms with Gasteiger partial charge in [-0.1, -0.05) is 17.3 Å². The molecule has 0 spiro atoms. The van der Waals surface area contributed by atoms with Crippen molar-refractivity contribution in [3.63, 3.8) is 0 Å². The second-order valence-corrected chi connectivity index (χ2v) is 6.51. The largest absolute Gasteiger partial charge is 0.350 e. The van der Waals surface area contributed by atoms with Crippen LogP contribution in [0.15, 0.2) is 35.4 Å². The summed E-state index contributed by atoms with van der Waals surface area (Å²) >= 11 is 0. The predicted molar refractivity (Wildman–Crippen MR) is 84.0 cm³/mol. The Kier molecular flexibility index (Phi) is 5.26. The third kappa shape index (κ3) is 5.14. The van der Waals surface area contributed by atoms with Gasteiger partial charge in [0.2, 0.25) is 21.8 Å². The molecule has 1 aromatic carbocycles. The van der Waals surface area contributed by atoms with Crippen LogP contribution in [-0.2, 0) is 32.7 Å². The Morgan fingerprint density at radius 1 is 1.25 bits per heavy atom. The molecule has 0 aliphatic carbocycles. The molecule has 4 N–H and O–H groups in total. The minimum absolute atomic E-state index is 0.00527. The van der Waals surface area contributed by atoms with Crippen LogP contribution in [0.25, 0.3) is 0 Å². The highest BCUT2D eigenvalue weighted by atomic mass is 32.2. The van der Waals surface area contributed by atoms with Crippen LogP contribution in [0.3, 0.4) is 0 Å². The molecule has 0 saturated carbocycles. The van der Waals surface area contributed by atoms with Gasteiger partial charge in [0.25, 0.3) is 0 Å². The third-order valence-electron chi connectivity index (χ3n) is 2.89. The molecule has 0 aliphatic heterocycles. The lowest BCUT2D eigenvalue weighted by Gasteiger charge is -2.06. The van der Waals surface area contributed by atoms with E-state index in [0.29, 0.717) is 5.56 Å². The highest BCUT2D eigenvalue weighted by Gasteiger charge is 2.09. The summed E-state index contributed by atoms with van der Waals surface area (Å²) in [4.78, 5) is 22.7. The maximum Gasteiger partial charge on any atom is 0.242 e. The van der Waals surface area contributed by atoms with Crippen LogP contribution >= 0.6 is 0 Å². The number of aromatic nitrogens is 3. The Bertz CT molecular complexity index is 844. The van der Waals surface area contributed by atoms with E-state index in [1.807, 2.05) is 0 Å². The number of amides is 2. The fraction of sp³-hybridized carbons (Fsp3) is 0.231. The molecule has 2 aromatic rings. The Labute approximate surface area is 138 Å². The fourth-order valence-electron chi connectivity index (χ4n) is 1.81. The molecule has 128 valence electrons. The molecular weight excluding hydrogens is 336 g/mol. The van der Waals surface area contributed by atoms with Crippen LogP contribution in [-0.4, -0.2) is 35.2 Å². The summed E-state index contributed by atoms with van der Waals surface area (Å²) in [6.45, 7) is 1.49. The number of benzene rings is 1. The van der Waals surface area contributed by atoms with Crippen molar-refractivity contribution < 1.29 is 18.0 Å². The van der Waals surface area contributed by atoms with Crippen LogP contribution < -0.4 is 15.8 Å². The smallest absolute Gasteiger partial charge is 0.242 e. The Balaban J connectivity index is 1.87. The SMILES string of the molecule is CC(=O)Nc1cn(CC(=O)NCc2ccc(S(N)(=O)=O)cc2)nn1. The molecule has 0 bridgehead atoms. The lowest BCUT2D eigenvalue weighted by molar-refractivity contribution is -0.122. The number of rotatable bonds is 6. The van der Waals surface area contributed by atoms with E-state index in [1.54, 1.807) is 12.1 Å². The second-order valence-electron chi connectivity index (χ2n) is 4.95. The van der Waals surface area contributed by atoms with E-state index < -0.39 is 10.0 Å². The molecule has 11 heteroatoms. The monoisotopic (exact) mass is 352 g/mol. The summed E-state index contributed by atoms with van der Waals surface area (Å²) < 4.78 is 23.6. The van der Waals surface area contributed by atoms with Gasteiger partial charge < -0.3 is 10.6 Å². The van der Waals surface area contributed by atoms with Gasteiger partial charge in [-0.25, -0.2) is 18.2 Å². The first-order valence-corrected chi connectivity index (χ1v) is 8.35. The van der Waals surface area contributed by atoms with Crippen LogP contribution in [0.1, 0.15) is 12.5 Å². The number of anilines is 1. The highest BCUT2D eigenvalue weighted by Crippen LogP contribution is 2.08. The Morgan fingerprint density at radius 2 is 1.92 bits per heavy atom. The Hall–Kier alpha value is -2.79. The number of sulfonamides is 1. The molecule has 2 amide bonds. The molecule has 0 radical (unpaired) electrons. The Morgan fingerprint density at radius 3 is 2.50 bits per heavy atom. The average Bonchev–Trinajstić information content (AvgIpc) is 2.91. The number of carbonyl (C=O) groups excluding carboxylic acids is 2. The van der Waals surface area contributed by atoms with E-state index in [-0.39, 0.29) is 35.6 Å². The van der Waals surface area contributed by atoms with Crippen molar-refractivity contribution in [2.45, 2.75) is 24.9 Å². The van der Waals surface area contributed by atoms with Crippen molar-refractivity contribution in [2.75, 3.05) is 5.32 Å². The minimum atomic E-state index is -3.73. The summed E-state index contributed by atoms with van der Waals surface area (Å²) in [6, 6.07) is 5.86. The zero-order valence-corrected chi connectivity index (χ0v) is 13.6. The molecule has 1 aromatic heterocycles. The van der Waals surface area contributed by atoms with Crippen LogP contribution in [0, 0.1) is 0 Å². The lowest BCUT2D eigenvalue weighted by atomic mass is 10.2. The topological polar surface area (TPSA) is 149 Å². The quantitative estimate of drug-likeness (QED) is 0.619. The number of hydrogen-bond acceptors (Lipinski definition) is 6. The van der Waals surface area contributed by atoms with Gasteiger partial charge in [-0.05, 0) is 17.7 Å². The normalized spacial score (nSPS) is 11.1. The van der Waals surface area contributed by atoms with Crippen molar-refractivity contribution in [1.29, 1.82) is 0 Å². The summed E-state index contributed by atoms with van der Waals surface area (Å²) in [5.41, 5.74) is 0.716. The zero-order valence-electron chi connectivity index (χ0n) is 12.8. The second kappa shape index (κ2) is 7.19. The van der Waals surface area contributed by atoms with E-state index in [4.69, 9.17) is 5.14 Å². The van der Waals surface area contributed by atoms with Crippen molar-refractivity contribution in [3.05, 3.63) is 36.0 Å². The summed E-state index contributed by atoms with van der Waals surface area (Å²) in [5, 5.41) is 17.5. The highest BCUT2D eigenvalue weighted by molar-refractivity contribution is 7.89. The fourth-order valence-corrected chi connectivity index (χ4v) is 2.33. The summed E-state index contributed by atoms with van der Waals surface area (Å²) in [7, 11) is -3.73. The van der Waals surface area contributed by atoms with Gasteiger partial charge in [-0.2, -0.15) is 0 Å². The van der Waals surface area contributed by atoms with Crippen LogP contribution in [0.4, 0.5) is 5.82 Å². The van der Waals surface area contributed by atoms with Gasteiger partial charge in [0.15, 0.2) is 5.82 Å². The maximum atomic E-state index is 11.8. The van der Waals surface area contributed by atoms with Crippen molar-refractivity contribution in [2.24, 2.45) is 5.14 Å². The molecule has 10 nitrogen and oxygen atoms in total. The number of hydrogen-bond donors (Lipinski definition) is 3. The first-order valence-electron chi connectivity index (χ1n) is 6.80. The summed E-state index contributed by atoms with van der Waals surface area (Å²) in [6.07, 6.45) is 1.43. The number of nitrogens with two attached hydrogens (primary N) is 1. The number of nitrogens with zero attached hydrogens (tertiary/aromatic N) is 3.